The first-order valence-corrected chi connectivity index (χ1v) is 3.84. The van der Waals surface area contributed by atoms with Crippen LogP contribution < -0.4 is 11.1 Å². The molecule has 0 spiro atoms. The largest absolute Gasteiger partial charge is 0.467 e. The molecule has 0 unspecified atom stereocenters. The van der Waals surface area contributed by atoms with E-state index in [4.69, 9.17) is 10.8 Å². The fraction of sp³-hybridized carbons (Fsp3) is 0.714. The molecule has 13 heavy (non-hydrogen) atoms. The van der Waals surface area contributed by atoms with Crippen molar-refractivity contribution in [1.29, 1.82) is 0 Å². The lowest BCUT2D eigenvalue weighted by atomic mass is 9.97. The lowest BCUT2D eigenvalue weighted by molar-refractivity contribution is -0.148. The van der Waals surface area contributed by atoms with E-state index >= 15 is 0 Å². The fourth-order valence-electron chi connectivity index (χ4n) is 1.34. The summed E-state index contributed by atoms with van der Waals surface area (Å²) in [6, 6.07) is 0. The second-order valence-corrected chi connectivity index (χ2v) is 2.99. The van der Waals surface area contributed by atoms with E-state index in [1.165, 1.54) is 7.11 Å². The Morgan fingerprint density at radius 2 is 2.54 bits per heavy atom. The minimum atomic E-state index is -1.24. The van der Waals surface area contributed by atoms with Gasteiger partial charge in [-0.3, -0.25) is 4.79 Å². The Morgan fingerprint density at radius 3 is 2.85 bits per heavy atom. The number of carbonyl (C=O) groups excluding carboxylic acids is 2. The zero-order valence-electron chi connectivity index (χ0n) is 7.24. The molecule has 0 aromatic carbocycles. The third kappa shape index (κ3) is 1.50. The molecule has 0 aliphatic carbocycles. The maximum atomic E-state index is 11.2. The summed E-state index contributed by atoms with van der Waals surface area (Å²) < 4.78 is 4.48. The SMILES string of the molecule is COC(=O)[C@@]1(CN)C[C@H](O)C(=O)N1. The predicted octanol–water partition coefficient (Wildman–Crippen LogP) is -2.26. The summed E-state index contributed by atoms with van der Waals surface area (Å²) in [4.78, 5) is 22.2. The van der Waals surface area contributed by atoms with Crippen molar-refractivity contribution in [3.8, 4) is 0 Å². The molecule has 1 amide bonds. The second-order valence-electron chi connectivity index (χ2n) is 2.99. The van der Waals surface area contributed by atoms with Gasteiger partial charge in [-0.1, -0.05) is 0 Å². The number of rotatable bonds is 2. The molecule has 1 aliphatic heterocycles. The number of aliphatic hydroxyl groups excluding tert-OH is 1. The van der Waals surface area contributed by atoms with E-state index < -0.39 is 23.5 Å². The van der Waals surface area contributed by atoms with Gasteiger partial charge in [-0.25, -0.2) is 4.79 Å². The molecule has 74 valence electrons. The number of hydrogen-bond donors (Lipinski definition) is 3. The molecule has 2 atom stereocenters. The van der Waals surface area contributed by atoms with Crippen LogP contribution in [0, 0.1) is 0 Å². The smallest absolute Gasteiger partial charge is 0.333 e. The van der Waals surface area contributed by atoms with Crippen molar-refractivity contribution in [2.24, 2.45) is 5.73 Å². The van der Waals surface area contributed by atoms with Crippen molar-refractivity contribution in [2.45, 2.75) is 18.1 Å². The van der Waals surface area contributed by atoms with Gasteiger partial charge < -0.3 is 20.9 Å². The number of ether oxygens (including phenoxy) is 1. The van der Waals surface area contributed by atoms with Crippen molar-refractivity contribution in [2.75, 3.05) is 13.7 Å². The molecule has 6 heteroatoms. The standard InChI is InChI=1S/C7H12N2O4/c1-13-6(12)7(3-8)2-4(10)5(11)9-7/h4,10H,2-3,8H2,1H3,(H,9,11)/t4-,7-/m0/s1. The number of carbonyl (C=O) groups is 2. The highest BCUT2D eigenvalue weighted by Gasteiger charge is 2.49. The minimum absolute atomic E-state index is 0.0327. The number of methoxy groups -OCH3 is 1. The summed E-state index contributed by atoms with van der Waals surface area (Å²) in [5.41, 5.74) is 4.10. The quantitative estimate of drug-likeness (QED) is 0.424. The highest BCUT2D eigenvalue weighted by molar-refractivity contribution is 5.94. The van der Waals surface area contributed by atoms with E-state index in [0.717, 1.165) is 0 Å². The first-order valence-electron chi connectivity index (χ1n) is 3.84. The van der Waals surface area contributed by atoms with Crippen LogP contribution in [0.4, 0.5) is 0 Å². The molecule has 1 fully saturated rings. The number of amides is 1. The van der Waals surface area contributed by atoms with Gasteiger partial charge in [0.05, 0.1) is 7.11 Å². The van der Waals surface area contributed by atoms with Crippen molar-refractivity contribution in [3.63, 3.8) is 0 Å². The van der Waals surface area contributed by atoms with Gasteiger partial charge in [0.1, 0.15) is 6.10 Å². The molecule has 4 N–H and O–H groups in total. The van der Waals surface area contributed by atoms with Crippen LogP contribution in [-0.4, -0.2) is 42.3 Å². The third-order valence-corrected chi connectivity index (χ3v) is 2.13. The van der Waals surface area contributed by atoms with Gasteiger partial charge in [0.2, 0.25) is 5.91 Å². The van der Waals surface area contributed by atoms with E-state index in [0.29, 0.717) is 0 Å². The topological polar surface area (TPSA) is 102 Å². The average Bonchev–Trinajstić information content (AvgIpc) is 2.42. The zero-order valence-corrected chi connectivity index (χ0v) is 7.24. The summed E-state index contributed by atoms with van der Waals surface area (Å²) in [5, 5.41) is 11.5. The van der Waals surface area contributed by atoms with Gasteiger partial charge in [-0.15, -0.1) is 0 Å². The van der Waals surface area contributed by atoms with Gasteiger partial charge in [0, 0.05) is 13.0 Å². The van der Waals surface area contributed by atoms with Crippen LogP contribution >= 0.6 is 0 Å². The van der Waals surface area contributed by atoms with Crippen LogP contribution in [-0.2, 0) is 14.3 Å². The van der Waals surface area contributed by atoms with E-state index in [1.807, 2.05) is 0 Å². The lowest BCUT2D eigenvalue weighted by Crippen LogP contribution is -2.54. The average molecular weight is 188 g/mol. The second kappa shape index (κ2) is 3.31. The summed E-state index contributed by atoms with van der Waals surface area (Å²) in [6.07, 6.45) is -1.21. The Bertz CT molecular complexity index is 243. The lowest BCUT2D eigenvalue weighted by Gasteiger charge is -2.23. The molecule has 0 aromatic heterocycles. The van der Waals surface area contributed by atoms with Crippen LogP contribution in [0.1, 0.15) is 6.42 Å². The van der Waals surface area contributed by atoms with Crippen molar-refractivity contribution >= 4 is 11.9 Å². The Hall–Kier alpha value is -1.14. The summed E-state index contributed by atoms with van der Waals surface area (Å²) >= 11 is 0. The van der Waals surface area contributed by atoms with Gasteiger partial charge in [-0.05, 0) is 0 Å². The van der Waals surface area contributed by atoms with Gasteiger partial charge in [0.25, 0.3) is 0 Å². The Labute approximate surface area is 75.0 Å². The molecular formula is C7H12N2O4. The Morgan fingerprint density at radius 1 is 1.92 bits per heavy atom. The van der Waals surface area contributed by atoms with Crippen molar-refractivity contribution in [3.05, 3.63) is 0 Å². The van der Waals surface area contributed by atoms with Gasteiger partial charge in [-0.2, -0.15) is 0 Å². The first-order chi connectivity index (χ1) is 6.05. The van der Waals surface area contributed by atoms with Crippen molar-refractivity contribution in [1.82, 2.24) is 5.32 Å². The van der Waals surface area contributed by atoms with E-state index in [1.54, 1.807) is 0 Å². The van der Waals surface area contributed by atoms with Gasteiger partial charge >= 0.3 is 5.97 Å². The highest BCUT2D eigenvalue weighted by atomic mass is 16.5. The molecule has 1 heterocycles. The number of nitrogens with two attached hydrogens (primary N) is 1. The normalized spacial score (nSPS) is 32.8. The monoisotopic (exact) mass is 188 g/mol. The molecule has 0 aromatic rings. The third-order valence-electron chi connectivity index (χ3n) is 2.13. The number of nitrogens with one attached hydrogen (secondary N) is 1. The minimum Gasteiger partial charge on any atom is -0.467 e. The number of hydrogen-bond acceptors (Lipinski definition) is 5. The van der Waals surface area contributed by atoms with Crippen LogP contribution in [0.25, 0.3) is 0 Å². The first kappa shape index (κ1) is 9.94. The van der Waals surface area contributed by atoms with Crippen LogP contribution in [0.3, 0.4) is 0 Å². The molecule has 6 nitrogen and oxygen atoms in total. The van der Waals surface area contributed by atoms with E-state index in [2.05, 4.69) is 10.1 Å². The maximum absolute atomic E-state index is 11.2. The fourth-order valence-corrected chi connectivity index (χ4v) is 1.34. The molecule has 0 saturated carbocycles. The van der Waals surface area contributed by atoms with Gasteiger partial charge in [0.15, 0.2) is 5.54 Å². The summed E-state index contributed by atoms with van der Waals surface area (Å²) in [7, 11) is 1.20. The molecule has 0 radical (unpaired) electrons. The Balaban J connectivity index is 2.85. The summed E-state index contributed by atoms with van der Waals surface area (Å²) in [6.45, 7) is -0.0809. The summed E-state index contributed by atoms with van der Waals surface area (Å²) in [5.74, 6) is -1.21. The van der Waals surface area contributed by atoms with Crippen molar-refractivity contribution < 1.29 is 19.4 Å². The van der Waals surface area contributed by atoms with Crippen LogP contribution in [0.2, 0.25) is 0 Å². The number of aliphatic hydroxyl groups is 1. The molecule has 1 aliphatic rings. The molecular weight excluding hydrogens is 176 g/mol. The van der Waals surface area contributed by atoms with Crippen LogP contribution in [0.15, 0.2) is 0 Å². The van der Waals surface area contributed by atoms with E-state index in [-0.39, 0.29) is 13.0 Å². The molecule has 1 rings (SSSR count). The maximum Gasteiger partial charge on any atom is 0.333 e. The highest BCUT2D eigenvalue weighted by Crippen LogP contribution is 2.20. The zero-order chi connectivity index (χ0) is 10.1. The number of esters is 1. The Kier molecular flexibility index (Phi) is 2.53. The predicted molar refractivity (Wildman–Crippen MR) is 42.6 cm³/mol. The van der Waals surface area contributed by atoms with Crippen LogP contribution in [0.5, 0.6) is 0 Å². The molecule has 0 bridgehead atoms. The van der Waals surface area contributed by atoms with E-state index in [9.17, 15) is 9.59 Å². The molecule has 1 saturated heterocycles.